The van der Waals surface area contributed by atoms with E-state index in [-0.39, 0.29) is 17.2 Å². The molecule has 0 spiro atoms. The zero-order valence-electron chi connectivity index (χ0n) is 17.2. The second-order valence-corrected chi connectivity index (χ2v) is 8.49. The number of fused-ring (bicyclic) bond motifs is 1. The van der Waals surface area contributed by atoms with Crippen LogP contribution in [0.4, 0.5) is 5.69 Å². The standard InChI is InChI=1S/C20H25N5O4S/c1-4-24(5-2)30(27,28)15-10-11-18-17(14-15)22-23-25(18)13-12-20(26)21-16-8-6-7-9-19(16)29-3/h6-11,14H,4-5,12-13H2,1-3H3,(H,21,26). The first kappa shape index (κ1) is 21.7. The molecule has 0 unspecified atom stereocenters. The highest BCUT2D eigenvalue weighted by Crippen LogP contribution is 2.23. The molecule has 9 nitrogen and oxygen atoms in total. The maximum Gasteiger partial charge on any atom is 0.243 e. The first-order valence-corrected chi connectivity index (χ1v) is 11.1. The van der Waals surface area contributed by atoms with E-state index in [4.69, 9.17) is 4.74 Å². The van der Waals surface area contributed by atoms with Gasteiger partial charge in [-0.2, -0.15) is 4.31 Å². The van der Waals surface area contributed by atoms with Gasteiger partial charge < -0.3 is 10.1 Å². The van der Waals surface area contributed by atoms with E-state index in [1.807, 2.05) is 12.1 Å². The Morgan fingerprint density at radius 2 is 1.90 bits per heavy atom. The molecule has 1 amide bonds. The maximum atomic E-state index is 12.7. The van der Waals surface area contributed by atoms with Crippen molar-refractivity contribution in [1.82, 2.24) is 19.3 Å². The number of methoxy groups -OCH3 is 1. The summed E-state index contributed by atoms with van der Waals surface area (Å²) in [5.74, 6) is 0.392. The molecule has 0 fully saturated rings. The Bertz CT molecular complexity index is 1140. The van der Waals surface area contributed by atoms with Crippen LogP contribution >= 0.6 is 0 Å². The first-order chi connectivity index (χ1) is 14.4. The summed E-state index contributed by atoms with van der Waals surface area (Å²) in [5, 5.41) is 11.0. The van der Waals surface area contributed by atoms with Crippen LogP contribution in [0.5, 0.6) is 5.75 Å². The Labute approximate surface area is 175 Å². The summed E-state index contributed by atoms with van der Waals surface area (Å²) in [6, 6.07) is 11.9. The second-order valence-electron chi connectivity index (χ2n) is 6.55. The third-order valence-electron chi connectivity index (χ3n) is 4.76. The Morgan fingerprint density at radius 3 is 2.60 bits per heavy atom. The van der Waals surface area contributed by atoms with E-state index >= 15 is 0 Å². The molecule has 2 aromatic carbocycles. The molecule has 0 atom stereocenters. The van der Waals surface area contributed by atoms with Gasteiger partial charge in [-0.05, 0) is 30.3 Å². The number of carbonyl (C=O) groups excluding carboxylic acids is 1. The number of benzene rings is 2. The van der Waals surface area contributed by atoms with E-state index in [2.05, 4.69) is 15.6 Å². The zero-order valence-corrected chi connectivity index (χ0v) is 18.0. The highest BCUT2D eigenvalue weighted by atomic mass is 32.2. The van der Waals surface area contributed by atoms with Crippen LogP contribution < -0.4 is 10.1 Å². The summed E-state index contributed by atoms with van der Waals surface area (Å²) >= 11 is 0. The van der Waals surface area contributed by atoms with Crippen LogP contribution in [-0.2, 0) is 21.4 Å². The minimum absolute atomic E-state index is 0.177. The Hall–Kier alpha value is -2.98. The van der Waals surface area contributed by atoms with Crippen molar-refractivity contribution in [2.45, 2.75) is 31.7 Å². The number of rotatable bonds is 9. The molecule has 1 heterocycles. The molecule has 3 rings (SSSR count). The van der Waals surface area contributed by atoms with Crippen molar-refractivity contribution in [3.8, 4) is 5.75 Å². The third-order valence-corrected chi connectivity index (χ3v) is 6.81. The Morgan fingerprint density at radius 1 is 1.17 bits per heavy atom. The lowest BCUT2D eigenvalue weighted by molar-refractivity contribution is -0.116. The Balaban J connectivity index is 1.73. The van der Waals surface area contributed by atoms with Crippen LogP contribution in [0.3, 0.4) is 0 Å². The van der Waals surface area contributed by atoms with Gasteiger partial charge in [0.2, 0.25) is 15.9 Å². The summed E-state index contributed by atoms with van der Waals surface area (Å²) in [5.41, 5.74) is 1.73. The minimum atomic E-state index is -3.57. The van der Waals surface area contributed by atoms with Gasteiger partial charge in [0.15, 0.2) is 0 Å². The minimum Gasteiger partial charge on any atom is -0.495 e. The Kier molecular flexibility index (Phi) is 6.68. The van der Waals surface area contributed by atoms with Crippen molar-refractivity contribution in [3.05, 3.63) is 42.5 Å². The van der Waals surface area contributed by atoms with Gasteiger partial charge in [0.05, 0.1) is 29.8 Å². The quantitative estimate of drug-likeness (QED) is 0.558. The number of carbonyl (C=O) groups is 1. The first-order valence-electron chi connectivity index (χ1n) is 9.67. The van der Waals surface area contributed by atoms with Crippen LogP contribution in [0.1, 0.15) is 20.3 Å². The molecule has 3 aromatic rings. The second kappa shape index (κ2) is 9.23. The van der Waals surface area contributed by atoms with Crippen molar-refractivity contribution >= 4 is 32.7 Å². The number of hydrogen-bond acceptors (Lipinski definition) is 6. The molecule has 0 aliphatic rings. The van der Waals surface area contributed by atoms with Crippen LogP contribution in [0.25, 0.3) is 11.0 Å². The highest BCUT2D eigenvalue weighted by Gasteiger charge is 2.22. The molecule has 0 aliphatic carbocycles. The molecule has 0 saturated carbocycles. The SMILES string of the molecule is CCN(CC)S(=O)(=O)c1ccc2c(c1)nnn2CCC(=O)Nc1ccccc1OC. The van der Waals surface area contributed by atoms with Crippen molar-refractivity contribution in [1.29, 1.82) is 0 Å². The van der Waals surface area contributed by atoms with Gasteiger partial charge in [0, 0.05) is 19.5 Å². The number of amides is 1. The normalized spacial score (nSPS) is 11.7. The molecular formula is C20H25N5O4S. The van der Waals surface area contributed by atoms with Crippen molar-refractivity contribution in [2.24, 2.45) is 0 Å². The predicted octanol–water partition coefficient (Wildman–Crippen LogP) is 2.50. The van der Waals surface area contributed by atoms with Gasteiger partial charge in [-0.1, -0.05) is 31.2 Å². The molecule has 10 heteroatoms. The van der Waals surface area contributed by atoms with Gasteiger partial charge >= 0.3 is 0 Å². The number of para-hydroxylation sites is 2. The van der Waals surface area contributed by atoms with E-state index in [0.717, 1.165) is 0 Å². The summed E-state index contributed by atoms with van der Waals surface area (Å²) in [7, 11) is -2.03. The fourth-order valence-corrected chi connectivity index (χ4v) is 4.64. The van der Waals surface area contributed by atoms with Gasteiger partial charge in [0.1, 0.15) is 11.3 Å². The summed E-state index contributed by atoms with van der Waals surface area (Å²) in [6.45, 7) is 4.69. The molecule has 30 heavy (non-hydrogen) atoms. The molecule has 1 N–H and O–H groups in total. The van der Waals surface area contributed by atoms with Crippen LogP contribution in [0.15, 0.2) is 47.4 Å². The third kappa shape index (κ3) is 4.44. The van der Waals surface area contributed by atoms with Gasteiger partial charge in [-0.3, -0.25) is 4.79 Å². The summed E-state index contributed by atoms with van der Waals surface area (Å²) in [6.07, 6.45) is 0.177. The van der Waals surface area contributed by atoms with Crippen molar-refractivity contribution < 1.29 is 17.9 Å². The van der Waals surface area contributed by atoms with Crippen molar-refractivity contribution in [2.75, 3.05) is 25.5 Å². The van der Waals surface area contributed by atoms with E-state index in [9.17, 15) is 13.2 Å². The van der Waals surface area contributed by atoms with E-state index in [1.165, 1.54) is 10.4 Å². The fourth-order valence-electron chi connectivity index (χ4n) is 3.16. The topological polar surface area (TPSA) is 106 Å². The fraction of sp³-hybridized carbons (Fsp3) is 0.350. The molecule has 0 aliphatic heterocycles. The molecule has 0 radical (unpaired) electrons. The lowest BCUT2D eigenvalue weighted by Gasteiger charge is -2.18. The van der Waals surface area contributed by atoms with Crippen LogP contribution in [-0.4, -0.2) is 53.8 Å². The largest absolute Gasteiger partial charge is 0.495 e. The summed E-state index contributed by atoms with van der Waals surface area (Å²) in [4.78, 5) is 12.5. The number of nitrogens with one attached hydrogen (secondary N) is 1. The average molecular weight is 432 g/mol. The number of ether oxygens (including phenoxy) is 1. The van der Waals surface area contributed by atoms with Crippen molar-refractivity contribution in [3.63, 3.8) is 0 Å². The van der Waals surface area contributed by atoms with E-state index in [0.29, 0.717) is 42.1 Å². The smallest absolute Gasteiger partial charge is 0.243 e. The van der Waals surface area contributed by atoms with Crippen LogP contribution in [0, 0.1) is 0 Å². The summed E-state index contributed by atoms with van der Waals surface area (Å²) < 4.78 is 33.6. The maximum absolute atomic E-state index is 12.7. The highest BCUT2D eigenvalue weighted by molar-refractivity contribution is 7.89. The lowest BCUT2D eigenvalue weighted by atomic mass is 10.2. The average Bonchev–Trinajstić information content (AvgIpc) is 3.15. The van der Waals surface area contributed by atoms with E-state index in [1.54, 1.807) is 49.9 Å². The number of sulfonamides is 1. The number of nitrogens with zero attached hydrogens (tertiary/aromatic N) is 4. The van der Waals surface area contributed by atoms with Crippen LogP contribution in [0.2, 0.25) is 0 Å². The molecule has 0 saturated heterocycles. The number of anilines is 1. The van der Waals surface area contributed by atoms with Gasteiger partial charge in [0.25, 0.3) is 0 Å². The number of aromatic nitrogens is 3. The molecule has 0 bridgehead atoms. The lowest BCUT2D eigenvalue weighted by Crippen LogP contribution is -2.30. The van der Waals surface area contributed by atoms with Gasteiger partial charge in [-0.25, -0.2) is 13.1 Å². The predicted molar refractivity (Wildman–Crippen MR) is 114 cm³/mol. The molecule has 160 valence electrons. The number of hydrogen-bond donors (Lipinski definition) is 1. The monoisotopic (exact) mass is 431 g/mol. The zero-order chi connectivity index (χ0) is 21.7. The van der Waals surface area contributed by atoms with Gasteiger partial charge in [-0.15, -0.1) is 5.10 Å². The molecule has 1 aromatic heterocycles. The molecular weight excluding hydrogens is 406 g/mol. The number of aryl methyl sites for hydroxylation is 1. The van der Waals surface area contributed by atoms with E-state index < -0.39 is 10.0 Å².